The second-order valence-electron chi connectivity index (χ2n) is 5.02. The fourth-order valence-electron chi connectivity index (χ4n) is 1.26. The first-order valence-corrected chi connectivity index (χ1v) is 7.59. The molecular weight excluding hydrogens is 272 g/mol. The highest BCUT2D eigenvalue weighted by Crippen LogP contribution is 2.24. The normalized spacial score (nSPS) is 12.7. The molecule has 0 amide bonds. The van der Waals surface area contributed by atoms with Gasteiger partial charge < -0.3 is 5.73 Å². The van der Waals surface area contributed by atoms with E-state index in [4.69, 9.17) is 17.3 Å². The van der Waals surface area contributed by atoms with Crippen molar-refractivity contribution in [1.82, 2.24) is 4.72 Å². The molecule has 0 aliphatic carbocycles. The number of nitrogen functional groups attached to an aromatic ring is 1. The van der Waals surface area contributed by atoms with Crippen molar-refractivity contribution in [3.8, 4) is 0 Å². The van der Waals surface area contributed by atoms with Crippen LogP contribution in [0.25, 0.3) is 0 Å². The third-order valence-corrected chi connectivity index (χ3v) is 4.67. The molecule has 0 spiro atoms. The Labute approximate surface area is 114 Å². The van der Waals surface area contributed by atoms with Crippen molar-refractivity contribution in [2.75, 3.05) is 12.3 Å². The van der Waals surface area contributed by atoms with Crippen LogP contribution in [0, 0.1) is 5.41 Å². The Morgan fingerprint density at radius 3 is 2.50 bits per heavy atom. The lowest BCUT2D eigenvalue weighted by Crippen LogP contribution is -2.34. The van der Waals surface area contributed by atoms with E-state index in [1.807, 2.05) is 20.8 Å². The summed E-state index contributed by atoms with van der Waals surface area (Å²) >= 11 is 5.74. The van der Waals surface area contributed by atoms with E-state index < -0.39 is 10.0 Å². The van der Waals surface area contributed by atoms with Crippen molar-refractivity contribution >= 4 is 27.3 Å². The summed E-state index contributed by atoms with van der Waals surface area (Å²) in [4.78, 5) is 0.0683. The highest BCUT2D eigenvalue weighted by Gasteiger charge is 2.22. The lowest BCUT2D eigenvalue weighted by Gasteiger charge is -2.23. The second kappa shape index (κ2) is 5.47. The molecule has 1 rings (SSSR count). The average Bonchev–Trinajstić information content (AvgIpc) is 2.26. The maximum absolute atomic E-state index is 12.1. The summed E-state index contributed by atoms with van der Waals surface area (Å²) < 4.78 is 26.8. The second-order valence-corrected chi connectivity index (χ2v) is 7.20. The van der Waals surface area contributed by atoms with Crippen molar-refractivity contribution in [2.45, 2.75) is 32.1 Å². The highest BCUT2D eigenvalue weighted by atomic mass is 35.5. The number of nitrogens with two attached hydrogens (primary N) is 1. The van der Waals surface area contributed by atoms with Crippen LogP contribution in [-0.4, -0.2) is 15.0 Å². The number of hydrogen-bond acceptors (Lipinski definition) is 3. The lowest BCUT2D eigenvalue weighted by atomic mass is 9.91. The van der Waals surface area contributed by atoms with E-state index in [1.165, 1.54) is 18.2 Å². The van der Waals surface area contributed by atoms with Crippen molar-refractivity contribution in [1.29, 1.82) is 0 Å². The third kappa shape index (κ3) is 3.86. The predicted molar refractivity (Wildman–Crippen MR) is 75.1 cm³/mol. The van der Waals surface area contributed by atoms with Gasteiger partial charge in [-0.25, -0.2) is 13.1 Å². The maximum Gasteiger partial charge on any atom is 0.242 e. The summed E-state index contributed by atoms with van der Waals surface area (Å²) in [5.41, 5.74) is 5.74. The van der Waals surface area contributed by atoms with E-state index >= 15 is 0 Å². The van der Waals surface area contributed by atoms with E-state index in [1.54, 1.807) is 0 Å². The molecule has 0 aliphatic rings. The van der Waals surface area contributed by atoms with Crippen LogP contribution in [0.4, 0.5) is 5.69 Å². The molecule has 0 saturated heterocycles. The quantitative estimate of drug-likeness (QED) is 0.819. The molecule has 3 N–H and O–H groups in total. The van der Waals surface area contributed by atoms with Gasteiger partial charge >= 0.3 is 0 Å². The lowest BCUT2D eigenvalue weighted by molar-refractivity contribution is 0.350. The first-order chi connectivity index (χ1) is 8.18. The summed E-state index contributed by atoms with van der Waals surface area (Å²) in [5.74, 6) is 0. The summed E-state index contributed by atoms with van der Waals surface area (Å²) in [6.07, 6.45) is 0.881. The van der Waals surface area contributed by atoms with Gasteiger partial charge in [-0.1, -0.05) is 32.4 Å². The van der Waals surface area contributed by atoms with Crippen LogP contribution in [0.1, 0.15) is 27.2 Å². The van der Waals surface area contributed by atoms with Crippen molar-refractivity contribution < 1.29 is 8.42 Å². The molecule has 0 saturated carbocycles. The van der Waals surface area contributed by atoms with E-state index in [-0.39, 0.29) is 16.0 Å². The van der Waals surface area contributed by atoms with Crippen molar-refractivity contribution in [3.05, 3.63) is 23.2 Å². The predicted octanol–water partition coefficient (Wildman–Crippen LogP) is 2.64. The highest BCUT2D eigenvalue weighted by molar-refractivity contribution is 7.89. The van der Waals surface area contributed by atoms with Gasteiger partial charge in [0.05, 0.1) is 5.69 Å². The number of sulfonamides is 1. The Hall–Kier alpha value is -0.780. The van der Waals surface area contributed by atoms with E-state index in [0.717, 1.165) is 6.42 Å². The van der Waals surface area contributed by atoms with Gasteiger partial charge in [-0.3, -0.25) is 0 Å². The number of benzene rings is 1. The van der Waals surface area contributed by atoms with Crippen molar-refractivity contribution in [3.63, 3.8) is 0 Å². The average molecular weight is 291 g/mol. The molecule has 18 heavy (non-hydrogen) atoms. The minimum Gasteiger partial charge on any atom is -0.398 e. The Morgan fingerprint density at radius 1 is 1.39 bits per heavy atom. The molecule has 0 aliphatic heterocycles. The van der Waals surface area contributed by atoms with Crippen LogP contribution in [-0.2, 0) is 10.0 Å². The van der Waals surface area contributed by atoms with Gasteiger partial charge in [0, 0.05) is 11.6 Å². The van der Waals surface area contributed by atoms with E-state index in [9.17, 15) is 8.42 Å². The van der Waals surface area contributed by atoms with Crippen LogP contribution in [0.15, 0.2) is 23.1 Å². The van der Waals surface area contributed by atoms with Gasteiger partial charge in [-0.15, -0.1) is 0 Å². The molecule has 0 bridgehead atoms. The molecular formula is C12H19ClN2O2S. The third-order valence-electron chi connectivity index (χ3n) is 2.96. The zero-order chi connectivity index (χ0) is 14.0. The van der Waals surface area contributed by atoms with Gasteiger partial charge in [0.1, 0.15) is 4.90 Å². The monoisotopic (exact) mass is 290 g/mol. The fourth-order valence-corrected chi connectivity index (χ4v) is 2.79. The topological polar surface area (TPSA) is 72.2 Å². The SMILES string of the molecule is CCC(C)(C)CNS(=O)(=O)c1ccc(Cl)cc1N. The van der Waals surface area contributed by atoms with Crippen LogP contribution in [0.3, 0.4) is 0 Å². The number of nitrogens with one attached hydrogen (secondary N) is 1. The van der Waals surface area contributed by atoms with Crippen LogP contribution in [0.5, 0.6) is 0 Å². The molecule has 1 aromatic rings. The molecule has 1 aromatic carbocycles. The first kappa shape index (κ1) is 15.3. The Kier molecular flexibility index (Phi) is 4.64. The minimum absolute atomic E-state index is 0.0683. The molecule has 4 nitrogen and oxygen atoms in total. The van der Waals surface area contributed by atoms with E-state index in [2.05, 4.69) is 4.72 Å². The number of hydrogen-bond donors (Lipinski definition) is 2. The zero-order valence-electron chi connectivity index (χ0n) is 10.8. The molecule has 0 radical (unpaired) electrons. The number of rotatable bonds is 5. The van der Waals surface area contributed by atoms with Crippen LogP contribution in [0.2, 0.25) is 5.02 Å². The molecule has 6 heteroatoms. The Balaban J connectivity index is 2.94. The summed E-state index contributed by atoms with van der Waals surface area (Å²) in [7, 11) is -3.58. The number of halogens is 1. The largest absolute Gasteiger partial charge is 0.398 e. The van der Waals surface area contributed by atoms with Gasteiger partial charge in [0.15, 0.2) is 0 Å². The first-order valence-electron chi connectivity index (χ1n) is 5.73. The zero-order valence-corrected chi connectivity index (χ0v) is 12.4. The molecule has 102 valence electrons. The van der Waals surface area contributed by atoms with Crippen LogP contribution < -0.4 is 10.5 Å². The fraction of sp³-hybridized carbons (Fsp3) is 0.500. The number of anilines is 1. The Morgan fingerprint density at radius 2 is 2.00 bits per heavy atom. The van der Waals surface area contributed by atoms with E-state index in [0.29, 0.717) is 11.6 Å². The molecule has 0 atom stereocenters. The molecule has 0 heterocycles. The van der Waals surface area contributed by atoms with Gasteiger partial charge in [-0.05, 0) is 30.0 Å². The summed E-state index contributed by atoms with van der Waals surface area (Å²) in [6.45, 7) is 6.39. The maximum atomic E-state index is 12.1. The molecule has 0 fully saturated rings. The van der Waals surface area contributed by atoms with Gasteiger partial charge in [-0.2, -0.15) is 0 Å². The summed E-state index contributed by atoms with van der Waals surface area (Å²) in [6, 6.07) is 4.36. The van der Waals surface area contributed by atoms with Gasteiger partial charge in [0.2, 0.25) is 10.0 Å². The smallest absolute Gasteiger partial charge is 0.242 e. The molecule has 0 unspecified atom stereocenters. The van der Waals surface area contributed by atoms with Crippen LogP contribution >= 0.6 is 11.6 Å². The summed E-state index contributed by atoms with van der Waals surface area (Å²) in [5, 5.41) is 0.417. The van der Waals surface area contributed by atoms with Crippen molar-refractivity contribution in [2.24, 2.45) is 5.41 Å². The Bertz CT molecular complexity index is 527. The molecule has 0 aromatic heterocycles. The standard InChI is InChI=1S/C12H19ClN2O2S/c1-4-12(2,3)8-15-18(16,17)11-6-5-9(13)7-10(11)14/h5-7,15H,4,8,14H2,1-3H3. The van der Waals surface area contributed by atoms with Gasteiger partial charge in [0.25, 0.3) is 0 Å². The minimum atomic E-state index is -3.58.